The molecule has 0 unspecified atom stereocenters. The van der Waals surface area contributed by atoms with E-state index in [1.807, 2.05) is 0 Å². The summed E-state index contributed by atoms with van der Waals surface area (Å²) in [5.41, 5.74) is 12.9. The highest BCUT2D eigenvalue weighted by atomic mass is 15.0. The second kappa shape index (κ2) is 7.72. The van der Waals surface area contributed by atoms with Crippen LogP contribution in [0.4, 0.5) is 0 Å². The number of nitrogens with zero attached hydrogens (tertiary/aromatic N) is 2. The van der Waals surface area contributed by atoms with Gasteiger partial charge in [0.15, 0.2) is 0 Å². The van der Waals surface area contributed by atoms with Crippen LogP contribution in [0.15, 0.2) is 133 Å². The van der Waals surface area contributed by atoms with Gasteiger partial charge in [-0.05, 0) is 77.2 Å². The Labute approximate surface area is 226 Å². The number of hydrogen-bond donors (Lipinski definition) is 0. The van der Waals surface area contributed by atoms with Crippen molar-refractivity contribution in [2.24, 2.45) is 0 Å². The zero-order valence-corrected chi connectivity index (χ0v) is 21.3. The van der Waals surface area contributed by atoms with E-state index in [-0.39, 0.29) is 0 Å². The smallest absolute Gasteiger partial charge is 0.0548 e. The van der Waals surface area contributed by atoms with E-state index in [1.165, 1.54) is 77.2 Å². The van der Waals surface area contributed by atoms with Gasteiger partial charge in [0, 0.05) is 32.9 Å². The topological polar surface area (TPSA) is 9.86 Å². The molecular formula is C37H24N2. The maximum Gasteiger partial charge on any atom is 0.0548 e. The molecule has 1 aliphatic carbocycles. The lowest BCUT2D eigenvalue weighted by Gasteiger charge is -2.11. The molecule has 2 heterocycles. The quantitative estimate of drug-likeness (QED) is 0.226. The van der Waals surface area contributed by atoms with E-state index in [4.69, 9.17) is 0 Å². The van der Waals surface area contributed by atoms with Gasteiger partial charge in [0.05, 0.1) is 22.1 Å². The van der Waals surface area contributed by atoms with Gasteiger partial charge in [-0.25, -0.2) is 0 Å². The second-order valence-corrected chi connectivity index (χ2v) is 10.6. The van der Waals surface area contributed by atoms with Gasteiger partial charge in [0.25, 0.3) is 0 Å². The molecule has 2 aromatic heterocycles. The number of aromatic nitrogens is 2. The minimum absolute atomic E-state index is 0.991. The predicted octanol–water partition coefficient (Wildman–Crippen LogP) is 9.45. The Morgan fingerprint density at radius 3 is 1.67 bits per heavy atom. The molecule has 0 bridgehead atoms. The molecule has 9 rings (SSSR count). The molecule has 0 saturated carbocycles. The van der Waals surface area contributed by atoms with Crippen molar-refractivity contribution in [3.8, 4) is 22.5 Å². The van der Waals surface area contributed by atoms with Crippen LogP contribution >= 0.6 is 0 Å². The molecule has 1 aliphatic rings. The molecule has 182 valence electrons. The SMILES string of the molecule is c1ccc(-n2c3ccccc3c3c4c5ccccc5n(-c5ccc6c(c5)Cc5ccccc5-6)c4ccc32)cc1. The van der Waals surface area contributed by atoms with E-state index < -0.39 is 0 Å². The van der Waals surface area contributed by atoms with E-state index in [9.17, 15) is 0 Å². The lowest BCUT2D eigenvalue weighted by molar-refractivity contribution is 1.16. The largest absolute Gasteiger partial charge is 0.309 e. The lowest BCUT2D eigenvalue weighted by Crippen LogP contribution is -1.96. The van der Waals surface area contributed by atoms with Crippen LogP contribution < -0.4 is 0 Å². The Morgan fingerprint density at radius 2 is 0.949 bits per heavy atom. The number of para-hydroxylation sites is 3. The summed E-state index contributed by atoms with van der Waals surface area (Å²) in [6.45, 7) is 0. The molecule has 0 N–H and O–H groups in total. The van der Waals surface area contributed by atoms with Gasteiger partial charge in [0.2, 0.25) is 0 Å². The van der Waals surface area contributed by atoms with E-state index in [1.54, 1.807) is 0 Å². The van der Waals surface area contributed by atoms with Crippen molar-refractivity contribution in [2.45, 2.75) is 6.42 Å². The van der Waals surface area contributed by atoms with E-state index >= 15 is 0 Å². The van der Waals surface area contributed by atoms with Crippen LogP contribution in [-0.2, 0) is 6.42 Å². The summed E-state index contributed by atoms with van der Waals surface area (Å²) >= 11 is 0. The summed E-state index contributed by atoms with van der Waals surface area (Å²) in [7, 11) is 0. The first-order valence-corrected chi connectivity index (χ1v) is 13.6. The van der Waals surface area contributed by atoms with Crippen molar-refractivity contribution in [1.82, 2.24) is 9.13 Å². The third kappa shape index (κ3) is 2.81. The first-order valence-electron chi connectivity index (χ1n) is 13.6. The molecule has 0 fully saturated rings. The van der Waals surface area contributed by atoms with Crippen LogP contribution in [0.3, 0.4) is 0 Å². The Morgan fingerprint density at radius 1 is 0.385 bits per heavy atom. The molecule has 0 atom stereocenters. The molecule has 2 heteroatoms. The summed E-state index contributed by atoms with van der Waals surface area (Å²) in [5.74, 6) is 0. The maximum absolute atomic E-state index is 2.46. The molecule has 39 heavy (non-hydrogen) atoms. The normalized spacial score (nSPS) is 12.5. The molecular weight excluding hydrogens is 472 g/mol. The minimum Gasteiger partial charge on any atom is -0.309 e. The van der Waals surface area contributed by atoms with Crippen LogP contribution in [0, 0.1) is 0 Å². The first-order chi connectivity index (χ1) is 19.4. The Kier molecular flexibility index (Phi) is 4.14. The summed E-state index contributed by atoms with van der Waals surface area (Å²) in [5, 5.41) is 5.21. The van der Waals surface area contributed by atoms with Crippen LogP contribution in [-0.4, -0.2) is 9.13 Å². The minimum atomic E-state index is 0.991. The number of hydrogen-bond acceptors (Lipinski definition) is 0. The summed E-state index contributed by atoms with van der Waals surface area (Å²) in [4.78, 5) is 0. The van der Waals surface area contributed by atoms with Gasteiger partial charge >= 0.3 is 0 Å². The lowest BCUT2D eigenvalue weighted by atomic mass is 10.1. The van der Waals surface area contributed by atoms with Crippen molar-refractivity contribution >= 4 is 43.6 Å². The van der Waals surface area contributed by atoms with Crippen LogP contribution in [0.1, 0.15) is 11.1 Å². The van der Waals surface area contributed by atoms with Gasteiger partial charge in [-0.15, -0.1) is 0 Å². The van der Waals surface area contributed by atoms with E-state index in [2.05, 4.69) is 143 Å². The van der Waals surface area contributed by atoms with Crippen molar-refractivity contribution in [3.05, 3.63) is 145 Å². The number of rotatable bonds is 2. The van der Waals surface area contributed by atoms with Crippen LogP contribution in [0.25, 0.3) is 66.1 Å². The molecule has 8 aromatic rings. The van der Waals surface area contributed by atoms with Gasteiger partial charge in [0.1, 0.15) is 0 Å². The molecule has 0 saturated heterocycles. The summed E-state index contributed by atoms with van der Waals surface area (Å²) < 4.78 is 4.87. The third-order valence-corrected chi connectivity index (χ3v) is 8.52. The maximum atomic E-state index is 2.46. The standard InChI is InChI=1S/C37H24N2/c1-2-11-26(12-3-1)38-32-16-8-6-14-30(32)36-34(38)20-21-35-37(36)31-15-7-9-17-33(31)39(35)27-18-19-29-25(23-27)22-24-10-4-5-13-28(24)29/h1-21,23H,22H2. The van der Waals surface area contributed by atoms with E-state index in [0.29, 0.717) is 0 Å². The molecule has 0 amide bonds. The fraction of sp³-hybridized carbons (Fsp3) is 0.0270. The number of benzene rings is 6. The molecule has 0 radical (unpaired) electrons. The van der Waals surface area contributed by atoms with Crippen LogP contribution in [0.5, 0.6) is 0 Å². The highest BCUT2D eigenvalue weighted by Gasteiger charge is 2.22. The van der Waals surface area contributed by atoms with Gasteiger partial charge in [-0.3, -0.25) is 0 Å². The van der Waals surface area contributed by atoms with Gasteiger partial charge in [-0.1, -0.05) is 84.9 Å². The first kappa shape index (κ1) is 20.9. The van der Waals surface area contributed by atoms with Crippen LogP contribution in [0.2, 0.25) is 0 Å². The van der Waals surface area contributed by atoms with Crippen molar-refractivity contribution in [2.75, 3.05) is 0 Å². The fourth-order valence-electron chi connectivity index (χ4n) is 6.92. The molecule has 0 aliphatic heterocycles. The highest BCUT2D eigenvalue weighted by Crippen LogP contribution is 2.43. The molecule has 6 aromatic carbocycles. The average Bonchev–Trinajstić information content (AvgIpc) is 3.64. The van der Waals surface area contributed by atoms with Gasteiger partial charge in [-0.2, -0.15) is 0 Å². The Hall–Kier alpha value is -5.08. The highest BCUT2D eigenvalue weighted by molar-refractivity contribution is 6.28. The predicted molar refractivity (Wildman–Crippen MR) is 163 cm³/mol. The monoisotopic (exact) mass is 496 g/mol. The second-order valence-electron chi connectivity index (χ2n) is 10.6. The molecule has 2 nitrogen and oxygen atoms in total. The van der Waals surface area contributed by atoms with Crippen molar-refractivity contribution in [1.29, 1.82) is 0 Å². The Bertz CT molecular complexity index is 2250. The zero-order chi connectivity index (χ0) is 25.5. The van der Waals surface area contributed by atoms with Crippen molar-refractivity contribution in [3.63, 3.8) is 0 Å². The zero-order valence-electron chi connectivity index (χ0n) is 21.3. The summed E-state index contributed by atoms with van der Waals surface area (Å²) in [6.07, 6.45) is 0.991. The average molecular weight is 497 g/mol. The Balaban J connectivity index is 1.39. The van der Waals surface area contributed by atoms with E-state index in [0.717, 1.165) is 6.42 Å². The van der Waals surface area contributed by atoms with Crippen molar-refractivity contribution < 1.29 is 0 Å². The third-order valence-electron chi connectivity index (χ3n) is 8.52. The summed E-state index contributed by atoms with van der Waals surface area (Å²) in [6, 6.07) is 48.8. The fourth-order valence-corrected chi connectivity index (χ4v) is 6.92. The number of fused-ring (bicyclic) bond motifs is 10. The molecule has 0 spiro atoms. The van der Waals surface area contributed by atoms with Gasteiger partial charge < -0.3 is 9.13 Å².